The monoisotopic (exact) mass is 265 g/mol. The second-order valence-corrected chi connectivity index (χ2v) is 3.73. The number of aromatic nitrogens is 3. The molecule has 1 N–H and O–H groups in total. The van der Waals surface area contributed by atoms with Crippen molar-refractivity contribution in [3.63, 3.8) is 0 Å². The minimum absolute atomic E-state index is 0.111. The number of hydrazone groups is 1. The highest BCUT2D eigenvalue weighted by Crippen LogP contribution is 2.03. The number of aryl methyl sites for hydroxylation is 2. The molecule has 8 heteroatoms. The van der Waals surface area contributed by atoms with Crippen molar-refractivity contribution in [1.29, 1.82) is 0 Å². The van der Waals surface area contributed by atoms with Gasteiger partial charge in [-0.25, -0.2) is 10.1 Å². The van der Waals surface area contributed by atoms with Crippen LogP contribution < -0.4 is 5.43 Å². The lowest BCUT2D eigenvalue weighted by molar-refractivity contribution is 0.0946. The fourth-order valence-corrected chi connectivity index (χ4v) is 1.38. The standard InChI is InChI=1S/C11H12FN5O2/c1-3-17-10(12)8(6-14-17)5-13-15-11(18)9-4-7(2)19-16-9/h4-6H,3H2,1-2H3,(H,15,18)/b13-5+. The van der Waals surface area contributed by atoms with E-state index in [4.69, 9.17) is 4.52 Å². The van der Waals surface area contributed by atoms with E-state index in [1.807, 2.05) is 0 Å². The molecule has 0 saturated heterocycles. The second kappa shape index (κ2) is 5.42. The van der Waals surface area contributed by atoms with Gasteiger partial charge >= 0.3 is 0 Å². The zero-order valence-electron chi connectivity index (χ0n) is 10.4. The number of halogens is 1. The van der Waals surface area contributed by atoms with Crippen LogP contribution in [0.5, 0.6) is 0 Å². The number of amides is 1. The third-order valence-corrected chi connectivity index (χ3v) is 2.33. The summed E-state index contributed by atoms with van der Waals surface area (Å²) in [6.45, 7) is 3.86. The molecule has 2 aromatic heterocycles. The molecule has 100 valence electrons. The van der Waals surface area contributed by atoms with Crippen molar-refractivity contribution >= 4 is 12.1 Å². The van der Waals surface area contributed by atoms with E-state index in [-0.39, 0.29) is 11.3 Å². The van der Waals surface area contributed by atoms with Gasteiger partial charge in [-0.2, -0.15) is 14.6 Å². The van der Waals surface area contributed by atoms with Gasteiger partial charge in [-0.05, 0) is 13.8 Å². The second-order valence-electron chi connectivity index (χ2n) is 3.73. The molecule has 0 spiro atoms. The third kappa shape index (κ3) is 2.84. The highest BCUT2D eigenvalue weighted by atomic mass is 19.1. The van der Waals surface area contributed by atoms with Crippen molar-refractivity contribution in [3.05, 3.63) is 35.2 Å². The van der Waals surface area contributed by atoms with E-state index in [1.165, 1.54) is 23.2 Å². The normalized spacial score (nSPS) is 11.1. The lowest BCUT2D eigenvalue weighted by atomic mass is 10.4. The quantitative estimate of drug-likeness (QED) is 0.662. The smallest absolute Gasteiger partial charge is 0.293 e. The maximum atomic E-state index is 13.6. The van der Waals surface area contributed by atoms with Gasteiger partial charge in [-0.3, -0.25) is 4.79 Å². The fraction of sp³-hybridized carbons (Fsp3) is 0.273. The molecule has 1 amide bonds. The Morgan fingerprint density at radius 2 is 2.47 bits per heavy atom. The molecule has 2 rings (SSSR count). The van der Waals surface area contributed by atoms with E-state index in [0.717, 1.165) is 0 Å². The third-order valence-electron chi connectivity index (χ3n) is 2.33. The molecule has 0 aromatic carbocycles. The van der Waals surface area contributed by atoms with Gasteiger partial charge in [0.15, 0.2) is 5.69 Å². The van der Waals surface area contributed by atoms with Crippen molar-refractivity contribution in [3.8, 4) is 0 Å². The molecular weight excluding hydrogens is 253 g/mol. The Balaban J connectivity index is 2.00. The van der Waals surface area contributed by atoms with E-state index in [2.05, 4.69) is 20.8 Å². The Morgan fingerprint density at radius 3 is 3.05 bits per heavy atom. The summed E-state index contributed by atoms with van der Waals surface area (Å²) in [5, 5.41) is 11.0. The Hall–Kier alpha value is -2.51. The molecule has 0 aliphatic heterocycles. The molecule has 0 unspecified atom stereocenters. The van der Waals surface area contributed by atoms with E-state index in [9.17, 15) is 9.18 Å². The van der Waals surface area contributed by atoms with Crippen molar-refractivity contribution in [1.82, 2.24) is 20.4 Å². The first kappa shape index (κ1) is 12.9. The number of hydrogen-bond acceptors (Lipinski definition) is 5. The van der Waals surface area contributed by atoms with Crippen LogP contribution in [-0.2, 0) is 6.54 Å². The lowest BCUT2D eigenvalue weighted by Crippen LogP contribution is -2.17. The summed E-state index contributed by atoms with van der Waals surface area (Å²) in [6, 6.07) is 1.47. The van der Waals surface area contributed by atoms with E-state index >= 15 is 0 Å². The predicted octanol–water partition coefficient (Wildman–Crippen LogP) is 1.10. The summed E-state index contributed by atoms with van der Waals surface area (Å²) >= 11 is 0. The molecule has 0 aliphatic rings. The number of hydrogen-bond donors (Lipinski definition) is 1. The molecule has 0 radical (unpaired) electrons. The zero-order valence-corrected chi connectivity index (χ0v) is 10.4. The van der Waals surface area contributed by atoms with Gasteiger partial charge in [0.05, 0.1) is 18.0 Å². The van der Waals surface area contributed by atoms with Crippen LogP contribution in [0.4, 0.5) is 4.39 Å². The summed E-state index contributed by atoms with van der Waals surface area (Å²) in [6.07, 6.45) is 2.51. The van der Waals surface area contributed by atoms with E-state index in [1.54, 1.807) is 13.8 Å². The summed E-state index contributed by atoms with van der Waals surface area (Å²) < 4.78 is 19.5. The molecule has 0 atom stereocenters. The number of carbonyl (C=O) groups excluding carboxylic acids is 1. The van der Waals surface area contributed by atoms with Crippen molar-refractivity contribution in [2.45, 2.75) is 20.4 Å². The molecule has 7 nitrogen and oxygen atoms in total. The van der Waals surface area contributed by atoms with Gasteiger partial charge in [-0.15, -0.1) is 0 Å². The highest BCUT2D eigenvalue weighted by molar-refractivity contribution is 5.93. The first-order valence-corrected chi connectivity index (χ1v) is 5.60. The molecule has 0 bridgehead atoms. The van der Waals surface area contributed by atoms with Gasteiger partial charge in [0.2, 0.25) is 5.95 Å². The average molecular weight is 265 g/mol. The van der Waals surface area contributed by atoms with Gasteiger partial charge in [0, 0.05) is 12.6 Å². The number of nitrogens with one attached hydrogen (secondary N) is 1. The van der Waals surface area contributed by atoms with Crippen molar-refractivity contribution in [2.24, 2.45) is 5.10 Å². The molecule has 2 aromatic rings. The van der Waals surface area contributed by atoms with Crippen molar-refractivity contribution in [2.75, 3.05) is 0 Å². The van der Waals surface area contributed by atoms with Gasteiger partial charge in [0.1, 0.15) is 5.76 Å². The minimum Gasteiger partial charge on any atom is -0.361 e. The van der Waals surface area contributed by atoms with Crippen LogP contribution in [0.3, 0.4) is 0 Å². The lowest BCUT2D eigenvalue weighted by Gasteiger charge is -1.95. The van der Waals surface area contributed by atoms with E-state index in [0.29, 0.717) is 12.3 Å². The summed E-state index contributed by atoms with van der Waals surface area (Å²) in [5.74, 6) is -0.515. The zero-order chi connectivity index (χ0) is 13.8. The summed E-state index contributed by atoms with van der Waals surface area (Å²) in [7, 11) is 0. The molecule has 2 heterocycles. The van der Waals surface area contributed by atoms with Crippen LogP contribution in [0, 0.1) is 12.9 Å². The number of nitrogens with zero attached hydrogens (tertiary/aromatic N) is 4. The maximum absolute atomic E-state index is 13.6. The van der Waals surface area contributed by atoms with Crippen LogP contribution >= 0.6 is 0 Å². The predicted molar refractivity (Wildman–Crippen MR) is 64.2 cm³/mol. The largest absolute Gasteiger partial charge is 0.361 e. The number of carbonyl (C=O) groups is 1. The Morgan fingerprint density at radius 1 is 1.68 bits per heavy atom. The van der Waals surface area contributed by atoms with Crippen LogP contribution in [-0.4, -0.2) is 27.1 Å². The van der Waals surface area contributed by atoms with Crippen LogP contribution in [0.1, 0.15) is 28.7 Å². The minimum atomic E-state index is -0.531. The van der Waals surface area contributed by atoms with Crippen LogP contribution in [0.2, 0.25) is 0 Å². The van der Waals surface area contributed by atoms with Gasteiger partial charge in [-0.1, -0.05) is 5.16 Å². The Labute approximate surface area is 108 Å². The Kier molecular flexibility index (Phi) is 3.69. The molecular formula is C11H12FN5O2. The summed E-state index contributed by atoms with van der Waals surface area (Å²) in [4.78, 5) is 11.5. The van der Waals surface area contributed by atoms with Gasteiger partial charge in [0.25, 0.3) is 5.91 Å². The van der Waals surface area contributed by atoms with Crippen molar-refractivity contribution < 1.29 is 13.7 Å². The Bertz CT molecular complexity index is 616. The molecule has 0 saturated carbocycles. The van der Waals surface area contributed by atoms with Crippen LogP contribution in [0.25, 0.3) is 0 Å². The summed E-state index contributed by atoms with van der Waals surface area (Å²) in [5.41, 5.74) is 2.52. The van der Waals surface area contributed by atoms with Crippen LogP contribution in [0.15, 0.2) is 21.9 Å². The molecule has 0 aliphatic carbocycles. The highest BCUT2D eigenvalue weighted by Gasteiger charge is 2.10. The first-order valence-electron chi connectivity index (χ1n) is 5.60. The molecule has 0 fully saturated rings. The topological polar surface area (TPSA) is 85.3 Å². The average Bonchev–Trinajstić information content (AvgIpc) is 2.97. The van der Waals surface area contributed by atoms with Gasteiger partial charge < -0.3 is 4.52 Å². The molecule has 19 heavy (non-hydrogen) atoms. The maximum Gasteiger partial charge on any atom is 0.293 e. The fourth-order valence-electron chi connectivity index (χ4n) is 1.38. The van der Waals surface area contributed by atoms with E-state index < -0.39 is 11.9 Å². The first-order chi connectivity index (χ1) is 9.11. The number of rotatable bonds is 4. The SMILES string of the molecule is CCn1ncc(/C=N/NC(=O)c2cc(C)on2)c1F.